The number of fused-ring (bicyclic) bond motifs is 1. The van der Waals surface area contributed by atoms with E-state index in [0.29, 0.717) is 43.9 Å². The highest BCUT2D eigenvalue weighted by Crippen LogP contribution is 2.47. The van der Waals surface area contributed by atoms with Gasteiger partial charge in [0.15, 0.2) is 11.4 Å². The molecule has 0 unspecified atom stereocenters. The first-order valence-corrected chi connectivity index (χ1v) is 12.1. The minimum absolute atomic E-state index is 0.121. The molecule has 1 aliphatic carbocycles. The van der Waals surface area contributed by atoms with Gasteiger partial charge in [0.2, 0.25) is 0 Å². The Bertz CT molecular complexity index is 1430. The van der Waals surface area contributed by atoms with Crippen LogP contribution in [0.5, 0.6) is 0 Å². The lowest BCUT2D eigenvalue weighted by Crippen LogP contribution is -2.29. The SMILES string of the molecule is Cc1noc(C)c1-c1cc(C(O)(c2nccs2)c2nccs2)c2nc(C3CC3)n(N)c2c1F. The predicted octanol–water partition coefficient (Wildman–Crippen LogP) is 4.24. The lowest BCUT2D eigenvalue weighted by Gasteiger charge is -2.25. The van der Waals surface area contributed by atoms with Gasteiger partial charge in [0, 0.05) is 40.2 Å². The molecule has 168 valence electrons. The minimum atomic E-state index is -1.74. The largest absolute Gasteiger partial charge is 0.372 e. The molecule has 6 rings (SSSR count). The van der Waals surface area contributed by atoms with Gasteiger partial charge in [0.25, 0.3) is 0 Å². The van der Waals surface area contributed by atoms with Crippen LogP contribution in [0.15, 0.2) is 33.7 Å². The normalized spacial score (nSPS) is 14.4. The first kappa shape index (κ1) is 20.5. The van der Waals surface area contributed by atoms with E-state index in [0.717, 1.165) is 12.8 Å². The number of nitrogens with zero attached hydrogens (tertiary/aromatic N) is 5. The van der Waals surface area contributed by atoms with Crippen molar-refractivity contribution in [2.75, 3.05) is 5.84 Å². The fraction of sp³-hybridized carbons (Fsp3) is 0.273. The number of benzene rings is 1. The summed E-state index contributed by atoms with van der Waals surface area (Å²) in [4.78, 5) is 13.5. The zero-order chi connectivity index (χ0) is 22.9. The molecule has 1 saturated carbocycles. The molecule has 1 aliphatic rings. The topological polar surface area (TPSA) is 116 Å². The van der Waals surface area contributed by atoms with E-state index in [9.17, 15) is 5.11 Å². The van der Waals surface area contributed by atoms with Gasteiger partial charge in [-0.25, -0.2) is 24.0 Å². The number of thiazole rings is 2. The van der Waals surface area contributed by atoms with Crippen LogP contribution in [0.2, 0.25) is 0 Å². The molecule has 1 fully saturated rings. The molecule has 0 spiro atoms. The fourth-order valence-corrected chi connectivity index (χ4v) is 5.90. The van der Waals surface area contributed by atoms with Crippen LogP contribution >= 0.6 is 22.7 Å². The zero-order valence-corrected chi connectivity index (χ0v) is 19.4. The highest BCUT2D eigenvalue weighted by atomic mass is 32.1. The van der Waals surface area contributed by atoms with E-state index in [2.05, 4.69) is 15.1 Å². The van der Waals surface area contributed by atoms with Crippen molar-refractivity contribution >= 4 is 33.7 Å². The number of hydrogen-bond acceptors (Lipinski definition) is 9. The second kappa shape index (κ2) is 7.17. The van der Waals surface area contributed by atoms with E-state index in [1.54, 1.807) is 43.1 Å². The molecule has 3 N–H and O–H groups in total. The highest BCUT2D eigenvalue weighted by molar-refractivity contribution is 7.11. The average molecular weight is 483 g/mol. The first-order chi connectivity index (χ1) is 15.9. The van der Waals surface area contributed by atoms with E-state index in [4.69, 9.17) is 15.3 Å². The highest BCUT2D eigenvalue weighted by Gasteiger charge is 2.43. The van der Waals surface area contributed by atoms with Crippen molar-refractivity contribution in [3.63, 3.8) is 0 Å². The summed E-state index contributed by atoms with van der Waals surface area (Å²) in [6, 6.07) is 1.61. The average Bonchev–Trinajstić information content (AvgIpc) is 3.23. The molecule has 5 aromatic rings. The third-order valence-corrected chi connectivity index (χ3v) is 7.81. The summed E-state index contributed by atoms with van der Waals surface area (Å²) in [5, 5.41) is 20.6. The maximum absolute atomic E-state index is 16.1. The molecule has 0 saturated heterocycles. The van der Waals surface area contributed by atoms with E-state index >= 15 is 4.39 Å². The van der Waals surface area contributed by atoms with Crippen LogP contribution in [0.1, 0.15) is 51.6 Å². The molecular formula is C22H19FN6O2S2. The van der Waals surface area contributed by atoms with Crippen molar-refractivity contribution < 1.29 is 14.0 Å². The number of rotatable bonds is 5. The third-order valence-electron chi connectivity index (χ3n) is 6.05. The Morgan fingerprint density at radius 3 is 2.36 bits per heavy atom. The molecular weight excluding hydrogens is 463 g/mol. The van der Waals surface area contributed by atoms with Crippen LogP contribution in [0, 0.1) is 19.7 Å². The summed E-state index contributed by atoms with van der Waals surface area (Å²) in [5.41, 5.74) is 0.326. The Morgan fingerprint density at radius 2 is 1.85 bits per heavy atom. The Balaban J connectivity index is 1.76. The van der Waals surface area contributed by atoms with E-state index in [1.807, 2.05) is 0 Å². The van der Waals surface area contributed by atoms with Gasteiger partial charge in [-0.2, -0.15) is 0 Å². The monoisotopic (exact) mass is 482 g/mol. The summed E-state index contributed by atoms with van der Waals surface area (Å²) in [6.45, 7) is 3.47. The summed E-state index contributed by atoms with van der Waals surface area (Å²) in [5.74, 6) is 7.10. The maximum Gasteiger partial charge on any atom is 0.195 e. The van der Waals surface area contributed by atoms with Gasteiger partial charge in [-0.3, -0.25) is 0 Å². The molecule has 0 aliphatic heterocycles. The van der Waals surface area contributed by atoms with Crippen molar-refractivity contribution in [2.45, 2.75) is 38.2 Å². The summed E-state index contributed by atoms with van der Waals surface area (Å²) < 4.78 is 22.7. The number of nitrogen functional groups attached to an aromatic ring is 1. The van der Waals surface area contributed by atoms with E-state index in [1.165, 1.54) is 27.3 Å². The molecule has 1 aromatic carbocycles. The smallest absolute Gasteiger partial charge is 0.195 e. The van der Waals surface area contributed by atoms with Crippen molar-refractivity contribution in [3.8, 4) is 11.1 Å². The number of halogens is 1. The Hall–Kier alpha value is -3.15. The summed E-state index contributed by atoms with van der Waals surface area (Å²) >= 11 is 2.58. The molecule has 11 heteroatoms. The zero-order valence-electron chi connectivity index (χ0n) is 17.7. The fourth-order valence-electron chi connectivity index (χ4n) is 4.33. The molecule has 33 heavy (non-hydrogen) atoms. The molecule has 0 atom stereocenters. The van der Waals surface area contributed by atoms with Crippen LogP contribution in [-0.2, 0) is 5.60 Å². The number of aryl methyl sites for hydroxylation is 2. The van der Waals surface area contributed by atoms with E-state index in [-0.39, 0.29) is 17.0 Å². The predicted molar refractivity (Wildman–Crippen MR) is 123 cm³/mol. The molecule has 8 nitrogen and oxygen atoms in total. The first-order valence-electron chi connectivity index (χ1n) is 10.4. The van der Waals surface area contributed by atoms with Crippen molar-refractivity contribution in [2.24, 2.45) is 0 Å². The Labute approximate surface area is 195 Å². The van der Waals surface area contributed by atoms with Gasteiger partial charge in [-0.15, -0.1) is 22.7 Å². The Morgan fingerprint density at radius 1 is 1.18 bits per heavy atom. The quantitative estimate of drug-likeness (QED) is 0.360. The molecule has 4 heterocycles. The van der Waals surface area contributed by atoms with E-state index < -0.39 is 11.4 Å². The number of hydrogen-bond donors (Lipinski definition) is 2. The van der Waals surface area contributed by atoms with Crippen LogP contribution < -0.4 is 5.84 Å². The maximum atomic E-state index is 16.1. The number of nitrogens with two attached hydrogens (primary N) is 1. The van der Waals surface area contributed by atoms with Crippen molar-refractivity contribution in [3.05, 3.63) is 67.9 Å². The van der Waals surface area contributed by atoms with Crippen LogP contribution in [-0.4, -0.2) is 29.9 Å². The lowest BCUT2D eigenvalue weighted by atomic mass is 9.89. The Kier molecular flexibility index (Phi) is 4.45. The number of aliphatic hydroxyl groups is 1. The minimum Gasteiger partial charge on any atom is -0.372 e. The molecule has 4 aromatic heterocycles. The third kappa shape index (κ3) is 2.89. The second-order valence-corrected chi connectivity index (χ2v) is 9.97. The number of aromatic nitrogens is 5. The standard InChI is InChI=1S/C22H19FN6O2S2/c1-10-15(11(2)31-28-10)13-9-14(17-18(16(13)23)29(24)19(27-17)12-3-4-12)22(30,20-25-5-7-32-20)21-26-6-8-33-21/h5-9,12,30H,3-4,24H2,1-2H3. The summed E-state index contributed by atoms with van der Waals surface area (Å²) in [6.07, 6.45) is 5.12. The van der Waals surface area contributed by atoms with Crippen LogP contribution in [0.3, 0.4) is 0 Å². The van der Waals surface area contributed by atoms with Crippen LogP contribution in [0.25, 0.3) is 22.2 Å². The number of imidazole rings is 1. The van der Waals surface area contributed by atoms with Gasteiger partial charge in [-0.05, 0) is 32.8 Å². The second-order valence-electron chi connectivity index (χ2n) is 8.18. The van der Waals surface area contributed by atoms with Gasteiger partial charge < -0.3 is 15.5 Å². The van der Waals surface area contributed by atoms with Gasteiger partial charge in [0.05, 0.1) is 11.3 Å². The van der Waals surface area contributed by atoms with Crippen molar-refractivity contribution in [1.82, 2.24) is 24.8 Å². The van der Waals surface area contributed by atoms with Gasteiger partial charge >= 0.3 is 0 Å². The molecule has 0 bridgehead atoms. The van der Waals surface area contributed by atoms with Gasteiger partial charge in [-0.1, -0.05) is 5.16 Å². The van der Waals surface area contributed by atoms with Gasteiger partial charge in [0.1, 0.15) is 32.6 Å². The van der Waals surface area contributed by atoms with Crippen molar-refractivity contribution in [1.29, 1.82) is 0 Å². The lowest BCUT2D eigenvalue weighted by molar-refractivity contribution is 0.126. The summed E-state index contributed by atoms with van der Waals surface area (Å²) in [7, 11) is 0. The van der Waals surface area contributed by atoms with Crippen LogP contribution in [0.4, 0.5) is 4.39 Å². The molecule has 0 radical (unpaired) electrons. The molecule has 0 amide bonds.